The fourth-order valence-corrected chi connectivity index (χ4v) is 1.49. The minimum absolute atomic E-state index is 0.406. The maximum absolute atomic E-state index is 5.98. The molecule has 0 atom stereocenters. The van der Waals surface area contributed by atoms with E-state index in [-0.39, 0.29) is 0 Å². The van der Waals surface area contributed by atoms with E-state index in [1.807, 2.05) is 18.2 Å². The molecule has 0 saturated carbocycles. The number of rotatable bonds is 3. The molecule has 0 bridgehead atoms. The number of ether oxygens (including phenoxy) is 1. The van der Waals surface area contributed by atoms with Crippen LogP contribution >= 0.6 is 40.2 Å². The third-order valence-electron chi connectivity index (χ3n) is 1.38. The van der Waals surface area contributed by atoms with Gasteiger partial charge in [0.15, 0.2) is 0 Å². The van der Waals surface area contributed by atoms with Crippen molar-refractivity contribution >= 4 is 40.2 Å². The van der Waals surface area contributed by atoms with Crippen molar-refractivity contribution in [2.45, 2.75) is 6.61 Å². The Balaban J connectivity index is 2.78. The topological polar surface area (TPSA) is 9.23 Å². The van der Waals surface area contributed by atoms with Gasteiger partial charge >= 0.3 is 0 Å². The predicted octanol–water partition coefficient (Wildman–Crippen LogP) is 3.51. The van der Waals surface area contributed by atoms with E-state index in [1.54, 1.807) is 0 Å². The van der Waals surface area contributed by atoms with E-state index < -0.39 is 0 Å². The van der Waals surface area contributed by atoms with E-state index in [2.05, 4.69) is 28.6 Å². The summed E-state index contributed by atoms with van der Waals surface area (Å²) < 4.78 is 6.01. The van der Waals surface area contributed by atoms with Gasteiger partial charge in [0.1, 0.15) is 0 Å². The van der Waals surface area contributed by atoms with Crippen molar-refractivity contribution < 1.29 is 4.74 Å². The van der Waals surface area contributed by atoms with Crippen LogP contribution in [0, 0.1) is 0 Å². The lowest BCUT2D eigenvalue weighted by Gasteiger charge is -2.04. The molecule has 1 aromatic rings. The van der Waals surface area contributed by atoms with E-state index in [4.69, 9.17) is 16.3 Å². The zero-order valence-corrected chi connectivity index (χ0v) is 9.49. The first-order valence-electron chi connectivity index (χ1n) is 3.37. The van der Waals surface area contributed by atoms with Gasteiger partial charge in [-0.05, 0) is 27.6 Å². The molecule has 0 saturated heterocycles. The molecular formula is C8H8BrClOS. The van der Waals surface area contributed by atoms with E-state index in [0.29, 0.717) is 17.6 Å². The summed E-state index contributed by atoms with van der Waals surface area (Å²) in [4.78, 5) is 0. The second-order valence-electron chi connectivity index (χ2n) is 2.19. The lowest BCUT2D eigenvalue weighted by Crippen LogP contribution is -1.91. The van der Waals surface area contributed by atoms with Crippen molar-refractivity contribution in [1.29, 1.82) is 0 Å². The molecule has 0 spiro atoms. The van der Waals surface area contributed by atoms with Gasteiger partial charge in [0.2, 0.25) is 0 Å². The molecule has 4 heteroatoms. The third-order valence-corrected chi connectivity index (χ3v) is 2.90. The van der Waals surface area contributed by atoms with Crippen molar-refractivity contribution in [3.63, 3.8) is 0 Å². The number of thiol groups is 1. The molecule has 1 nitrogen and oxygen atoms in total. The Morgan fingerprint density at radius 3 is 2.92 bits per heavy atom. The van der Waals surface area contributed by atoms with E-state index in [1.165, 1.54) is 0 Å². The Kier molecular flexibility index (Phi) is 4.43. The third kappa shape index (κ3) is 2.66. The zero-order valence-electron chi connectivity index (χ0n) is 6.26. The van der Waals surface area contributed by atoms with Crippen LogP contribution in [-0.2, 0) is 11.3 Å². The Morgan fingerprint density at radius 2 is 2.25 bits per heavy atom. The largest absolute Gasteiger partial charge is 0.366 e. The minimum Gasteiger partial charge on any atom is -0.366 e. The first-order chi connectivity index (χ1) is 5.75. The van der Waals surface area contributed by atoms with E-state index in [9.17, 15) is 0 Å². The summed E-state index contributed by atoms with van der Waals surface area (Å²) in [6.07, 6.45) is 0. The van der Waals surface area contributed by atoms with Crippen LogP contribution in [0.25, 0.3) is 0 Å². The molecule has 0 aliphatic carbocycles. The molecule has 1 aromatic carbocycles. The van der Waals surface area contributed by atoms with Crippen LogP contribution < -0.4 is 0 Å². The van der Waals surface area contributed by atoms with Gasteiger partial charge in [0.05, 0.1) is 17.6 Å². The van der Waals surface area contributed by atoms with Crippen molar-refractivity contribution in [2.75, 3.05) is 5.94 Å². The molecule has 0 aliphatic heterocycles. The molecule has 0 amide bonds. The van der Waals surface area contributed by atoms with Gasteiger partial charge in [-0.15, -0.1) is 0 Å². The summed E-state index contributed by atoms with van der Waals surface area (Å²) in [6, 6.07) is 5.75. The summed E-state index contributed by atoms with van der Waals surface area (Å²) in [5.74, 6) is 0.406. The Bertz CT molecular complexity index is 267. The highest BCUT2D eigenvalue weighted by atomic mass is 79.9. The average Bonchev–Trinajstić information content (AvgIpc) is 2.08. The second-order valence-corrected chi connectivity index (χ2v) is 3.68. The number of benzene rings is 1. The zero-order chi connectivity index (χ0) is 8.97. The van der Waals surface area contributed by atoms with Gasteiger partial charge in [0, 0.05) is 4.47 Å². The van der Waals surface area contributed by atoms with Gasteiger partial charge in [-0.3, -0.25) is 0 Å². The highest BCUT2D eigenvalue weighted by Crippen LogP contribution is 2.26. The minimum atomic E-state index is 0.406. The van der Waals surface area contributed by atoms with Crippen molar-refractivity contribution in [1.82, 2.24) is 0 Å². The molecule has 1 rings (SSSR count). The van der Waals surface area contributed by atoms with Gasteiger partial charge in [-0.2, -0.15) is 12.6 Å². The van der Waals surface area contributed by atoms with Gasteiger partial charge in [0.25, 0.3) is 0 Å². The van der Waals surface area contributed by atoms with Crippen LogP contribution in [0.1, 0.15) is 5.56 Å². The maximum atomic E-state index is 5.98. The molecule has 0 unspecified atom stereocenters. The van der Waals surface area contributed by atoms with Crippen molar-refractivity contribution in [3.05, 3.63) is 33.3 Å². The summed E-state index contributed by atoms with van der Waals surface area (Å²) in [5, 5.41) is 0.708. The molecule has 0 N–H and O–H groups in total. The van der Waals surface area contributed by atoms with E-state index in [0.717, 1.165) is 10.0 Å². The highest BCUT2D eigenvalue weighted by molar-refractivity contribution is 9.10. The average molecular weight is 268 g/mol. The van der Waals surface area contributed by atoms with Crippen molar-refractivity contribution in [3.8, 4) is 0 Å². The van der Waals surface area contributed by atoms with Crippen LogP contribution in [-0.4, -0.2) is 5.94 Å². The molecule has 0 aliphatic rings. The number of hydrogen-bond acceptors (Lipinski definition) is 2. The molecule has 0 aromatic heterocycles. The molecule has 0 radical (unpaired) electrons. The smallest absolute Gasteiger partial charge is 0.0897 e. The monoisotopic (exact) mass is 266 g/mol. The Morgan fingerprint density at radius 1 is 1.50 bits per heavy atom. The Hall–Kier alpha value is 0.300. The summed E-state index contributed by atoms with van der Waals surface area (Å²) in [5.41, 5.74) is 0.972. The predicted molar refractivity (Wildman–Crippen MR) is 57.8 cm³/mol. The lowest BCUT2D eigenvalue weighted by molar-refractivity contribution is 0.170. The molecule has 66 valence electrons. The van der Waals surface area contributed by atoms with Crippen molar-refractivity contribution in [2.24, 2.45) is 0 Å². The van der Waals surface area contributed by atoms with Crippen LogP contribution in [0.4, 0.5) is 0 Å². The molecular weight excluding hydrogens is 260 g/mol. The normalized spacial score (nSPS) is 10.2. The SMILES string of the molecule is SCOCc1cccc(Br)c1Cl. The summed E-state index contributed by atoms with van der Waals surface area (Å²) >= 11 is 13.2. The molecule has 0 fully saturated rings. The fraction of sp³-hybridized carbons (Fsp3) is 0.250. The standard InChI is InChI=1S/C8H8BrClOS/c9-7-3-1-2-6(8(7)10)4-11-5-12/h1-3,12H,4-5H2. The fourth-order valence-electron chi connectivity index (χ4n) is 0.816. The second kappa shape index (κ2) is 5.12. The van der Waals surface area contributed by atoms with E-state index >= 15 is 0 Å². The van der Waals surface area contributed by atoms with Gasteiger partial charge in [-0.25, -0.2) is 0 Å². The maximum Gasteiger partial charge on any atom is 0.0897 e. The van der Waals surface area contributed by atoms with Crippen LogP contribution in [0.3, 0.4) is 0 Å². The van der Waals surface area contributed by atoms with Gasteiger partial charge in [-0.1, -0.05) is 23.7 Å². The first kappa shape index (κ1) is 10.4. The van der Waals surface area contributed by atoms with Gasteiger partial charge < -0.3 is 4.74 Å². The van der Waals surface area contributed by atoms with Crippen LogP contribution in [0.2, 0.25) is 5.02 Å². The highest BCUT2D eigenvalue weighted by Gasteiger charge is 2.02. The first-order valence-corrected chi connectivity index (χ1v) is 5.17. The quantitative estimate of drug-likeness (QED) is 0.651. The lowest BCUT2D eigenvalue weighted by atomic mass is 10.2. The van der Waals surface area contributed by atoms with Crippen LogP contribution in [0.5, 0.6) is 0 Å². The number of hydrogen-bond donors (Lipinski definition) is 1. The number of halogens is 2. The Labute approximate surface area is 90.6 Å². The molecule has 12 heavy (non-hydrogen) atoms. The molecule has 0 heterocycles. The summed E-state index contributed by atoms with van der Waals surface area (Å²) in [7, 11) is 0. The van der Waals surface area contributed by atoms with Crippen LogP contribution in [0.15, 0.2) is 22.7 Å². The summed E-state index contributed by atoms with van der Waals surface area (Å²) in [6.45, 7) is 0.502.